The van der Waals surface area contributed by atoms with Crippen LogP contribution < -0.4 is 0 Å². The summed E-state index contributed by atoms with van der Waals surface area (Å²) >= 11 is 4.36. The Kier molecular flexibility index (Phi) is 3.33. The highest BCUT2D eigenvalue weighted by atomic mass is 127. The van der Waals surface area contributed by atoms with E-state index in [1.807, 2.05) is 0 Å². The third kappa shape index (κ3) is 2.09. The number of pyridine rings is 1. The summed E-state index contributed by atoms with van der Waals surface area (Å²) in [4.78, 5) is 3.39. The zero-order valence-corrected chi connectivity index (χ0v) is 9.24. The molecule has 0 bridgehead atoms. The minimum Gasteiger partial charge on any atom is -0.237 e. The van der Waals surface area contributed by atoms with Gasteiger partial charge in [-0.1, -0.05) is 0 Å². The summed E-state index contributed by atoms with van der Waals surface area (Å²) in [5, 5.41) is 0. The lowest BCUT2D eigenvalue weighted by atomic mass is 10.3. The lowest BCUT2D eigenvalue weighted by Gasteiger charge is -2.02. The summed E-state index contributed by atoms with van der Waals surface area (Å²) in [6, 6.07) is 0.982. The van der Waals surface area contributed by atoms with Crippen LogP contribution in [0.2, 0.25) is 0 Å². The minimum absolute atomic E-state index is 0.00424. The Hall–Kier alpha value is 0.150. The van der Waals surface area contributed by atoms with E-state index in [2.05, 4.69) is 20.9 Å². The van der Waals surface area contributed by atoms with Gasteiger partial charge < -0.3 is 0 Å². The fourth-order valence-electron chi connectivity index (χ4n) is 0.610. The fourth-order valence-corrected chi connectivity index (χ4v) is 1.49. The van der Waals surface area contributed by atoms with E-state index >= 15 is 0 Å². The van der Waals surface area contributed by atoms with E-state index in [1.165, 1.54) is 0 Å². The van der Waals surface area contributed by atoms with E-state index in [-0.39, 0.29) is 8.17 Å². The second-order valence-corrected chi connectivity index (χ2v) is 3.80. The first kappa shape index (κ1) is 10.2. The molecule has 0 atom stereocenters. The third-order valence-corrected chi connectivity index (χ3v) is 2.51. The van der Waals surface area contributed by atoms with Crippen LogP contribution in [-0.2, 0) is 0 Å². The van der Waals surface area contributed by atoms with Crippen LogP contribution in [0.4, 0.5) is 13.2 Å². The summed E-state index contributed by atoms with van der Waals surface area (Å²) in [7, 11) is 0. The quantitative estimate of drug-likeness (QED) is 0.557. The SMILES string of the molecule is Fc1cc(Br)c(C(F)F)nc1I. The van der Waals surface area contributed by atoms with Gasteiger partial charge in [0.05, 0.1) is 0 Å². The largest absolute Gasteiger partial charge is 0.281 e. The monoisotopic (exact) mass is 351 g/mol. The molecule has 1 rings (SSSR count). The van der Waals surface area contributed by atoms with Gasteiger partial charge in [0.25, 0.3) is 6.43 Å². The van der Waals surface area contributed by atoms with Gasteiger partial charge in [-0.25, -0.2) is 18.2 Å². The average molecular weight is 352 g/mol. The molecule has 0 aliphatic carbocycles. The van der Waals surface area contributed by atoms with Crippen LogP contribution in [0.15, 0.2) is 10.5 Å². The standard InChI is InChI=1S/C6H2BrF3IN/c7-2-1-3(8)6(11)12-4(2)5(9)10/h1,5H. The first-order chi connectivity index (χ1) is 5.52. The molecule has 6 heteroatoms. The predicted molar refractivity (Wildman–Crippen MR) is 49.6 cm³/mol. The van der Waals surface area contributed by atoms with Gasteiger partial charge in [-0.15, -0.1) is 0 Å². The highest BCUT2D eigenvalue weighted by molar-refractivity contribution is 14.1. The Morgan fingerprint density at radius 1 is 1.50 bits per heavy atom. The van der Waals surface area contributed by atoms with Crippen LogP contribution in [-0.4, -0.2) is 4.98 Å². The molecule has 1 nitrogen and oxygen atoms in total. The van der Waals surface area contributed by atoms with E-state index in [0.717, 1.165) is 6.07 Å². The van der Waals surface area contributed by atoms with Crippen LogP contribution in [0.1, 0.15) is 12.1 Å². The van der Waals surface area contributed by atoms with Crippen molar-refractivity contribution >= 4 is 38.5 Å². The normalized spacial score (nSPS) is 10.8. The molecule has 0 aliphatic rings. The van der Waals surface area contributed by atoms with Crippen molar-refractivity contribution in [2.75, 3.05) is 0 Å². The highest BCUT2D eigenvalue weighted by Gasteiger charge is 2.16. The number of hydrogen-bond acceptors (Lipinski definition) is 1. The molecule has 0 saturated heterocycles. The number of rotatable bonds is 1. The van der Waals surface area contributed by atoms with Crippen LogP contribution in [0.5, 0.6) is 0 Å². The van der Waals surface area contributed by atoms with E-state index in [1.54, 1.807) is 22.6 Å². The molecule has 0 radical (unpaired) electrons. The number of halogens is 5. The van der Waals surface area contributed by atoms with E-state index < -0.39 is 17.9 Å². The van der Waals surface area contributed by atoms with Gasteiger partial charge in [0.2, 0.25) is 0 Å². The first-order valence-corrected chi connectivity index (χ1v) is 4.69. The molecular weight excluding hydrogens is 350 g/mol. The van der Waals surface area contributed by atoms with Crippen molar-refractivity contribution in [2.45, 2.75) is 6.43 Å². The molecule has 12 heavy (non-hydrogen) atoms. The summed E-state index contributed by atoms with van der Waals surface area (Å²) < 4.78 is 36.9. The molecule has 0 unspecified atom stereocenters. The van der Waals surface area contributed by atoms with Crippen molar-refractivity contribution in [3.8, 4) is 0 Å². The molecule has 0 N–H and O–H groups in total. The van der Waals surface area contributed by atoms with Crippen LogP contribution >= 0.6 is 38.5 Å². The number of hydrogen-bond donors (Lipinski definition) is 0. The lowest BCUT2D eigenvalue weighted by molar-refractivity contribution is 0.144. The summed E-state index contributed by atoms with van der Waals surface area (Å²) in [6.45, 7) is 0. The molecule has 1 aromatic rings. The average Bonchev–Trinajstić information content (AvgIpc) is 1.96. The minimum atomic E-state index is -2.69. The van der Waals surface area contributed by atoms with Crippen LogP contribution in [0.3, 0.4) is 0 Å². The van der Waals surface area contributed by atoms with Crippen molar-refractivity contribution < 1.29 is 13.2 Å². The number of nitrogens with zero attached hydrogens (tertiary/aromatic N) is 1. The first-order valence-electron chi connectivity index (χ1n) is 2.82. The Morgan fingerprint density at radius 3 is 2.58 bits per heavy atom. The smallest absolute Gasteiger partial charge is 0.237 e. The zero-order chi connectivity index (χ0) is 9.30. The van der Waals surface area contributed by atoms with Crippen molar-refractivity contribution in [2.24, 2.45) is 0 Å². The maximum atomic E-state index is 12.7. The van der Waals surface area contributed by atoms with Gasteiger partial charge in [0.1, 0.15) is 9.39 Å². The Labute approximate surface area is 88.6 Å². The van der Waals surface area contributed by atoms with Crippen molar-refractivity contribution in [1.82, 2.24) is 4.98 Å². The molecule has 1 aromatic heterocycles. The van der Waals surface area contributed by atoms with Gasteiger partial charge >= 0.3 is 0 Å². The van der Waals surface area contributed by atoms with Gasteiger partial charge in [-0.3, -0.25) is 0 Å². The second kappa shape index (κ2) is 3.91. The maximum absolute atomic E-state index is 12.7. The van der Waals surface area contributed by atoms with Crippen LogP contribution in [0.25, 0.3) is 0 Å². The zero-order valence-electron chi connectivity index (χ0n) is 5.49. The van der Waals surface area contributed by atoms with Crippen molar-refractivity contribution in [1.29, 1.82) is 0 Å². The van der Waals surface area contributed by atoms with Gasteiger partial charge in [0, 0.05) is 4.47 Å². The fraction of sp³-hybridized carbons (Fsp3) is 0.167. The maximum Gasteiger partial charge on any atom is 0.281 e. The Bertz CT molecular complexity index is 305. The molecule has 1 heterocycles. The van der Waals surface area contributed by atoms with Gasteiger partial charge in [0.15, 0.2) is 5.82 Å². The Morgan fingerprint density at radius 2 is 2.08 bits per heavy atom. The molecule has 0 saturated carbocycles. The third-order valence-electron chi connectivity index (χ3n) is 1.12. The van der Waals surface area contributed by atoms with E-state index in [4.69, 9.17) is 0 Å². The molecule has 0 aliphatic heterocycles. The summed E-state index contributed by atoms with van der Waals surface area (Å²) in [5.41, 5.74) is -0.430. The topological polar surface area (TPSA) is 12.9 Å². The van der Waals surface area contributed by atoms with Crippen molar-refractivity contribution in [3.63, 3.8) is 0 Å². The molecule has 66 valence electrons. The molecule has 0 amide bonds. The number of aromatic nitrogens is 1. The highest BCUT2D eigenvalue weighted by Crippen LogP contribution is 2.27. The van der Waals surface area contributed by atoms with E-state index in [9.17, 15) is 13.2 Å². The van der Waals surface area contributed by atoms with Gasteiger partial charge in [-0.2, -0.15) is 0 Å². The number of alkyl halides is 2. The summed E-state index contributed by atoms with van der Waals surface area (Å²) in [5.74, 6) is -0.605. The molecule has 0 aromatic carbocycles. The van der Waals surface area contributed by atoms with Crippen LogP contribution in [0, 0.1) is 9.52 Å². The van der Waals surface area contributed by atoms with Crippen molar-refractivity contribution in [3.05, 3.63) is 25.8 Å². The molecule has 0 fully saturated rings. The lowest BCUT2D eigenvalue weighted by Crippen LogP contribution is -1.97. The summed E-state index contributed by atoms with van der Waals surface area (Å²) in [6.07, 6.45) is -2.69. The van der Waals surface area contributed by atoms with E-state index in [0.29, 0.717) is 0 Å². The molecule has 0 spiro atoms. The second-order valence-electron chi connectivity index (χ2n) is 1.93. The Balaban J connectivity index is 3.23. The van der Waals surface area contributed by atoms with Gasteiger partial charge in [-0.05, 0) is 44.6 Å². The predicted octanol–water partition coefficient (Wildman–Crippen LogP) is 3.53. The molecular formula is C6H2BrF3IN.